The van der Waals surface area contributed by atoms with Crippen LogP contribution in [0.1, 0.15) is 11.3 Å². The molecule has 4 aromatic rings. The summed E-state index contributed by atoms with van der Waals surface area (Å²) < 4.78 is 52.4. The number of aromatic nitrogens is 1. The summed E-state index contributed by atoms with van der Waals surface area (Å²) in [5.74, 6) is -0.223. The van der Waals surface area contributed by atoms with Gasteiger partial charge >= 0.3 is 0 Å². The molecule has 0 fully saturated rings. The molecule has 0 aliphatic carbocycles. The minimum Gasteiger partial charge on any atom is -0.468 e. The van der Waals surface area contributed by atoms with E-state index in [0.29, 0.717) is 17.1 Å². The number of amides is 1. The molecular weight excluding hydrogens is 473 g/mol. The van der Waals surface area contributed by atoms with Gasteiger partial charge in [0.05, 0.1) is 23.9 Å². The molecule has 0 aliphatic rings. The molecule has 178 valence electrons. The Morgan fingerprint density at radius 2 is 1.97 bits per heavy atom. The van der Waals surface area contributed by atoms with Crippen LogP contribution in [-0.2, 0) is 21.4 Å². The van der Waals surface area contributed by atoms with Gasteiger partial charge < -0.3 is 14.5 Å². The summed E-state index contributed by atoms with van der Waals surface area (Å²) in [4.78, 5) is 16.2. The van der Waals surface area contributed by atoms with Crippen LogP contribution >= 0.6 is 0 Å². The van der Waals surface area contributed by atoms with Crippen LogP contribution in [0.5, 0.6) is 11.5 Å². The van der Waals surface area contributed by atoms with Gasteiger partial charge in [-0.05, 0) is 66.2 Å². The molecule has 2 aromatic heterocycles. The number of benzene rings is 2. The lowest BCUT2D eigenvalue weighted by atomic mass is 10.2. The Morgan fingerprint density at radius 1 is 1.09 bits per heavy atom. The zero-order valence-corrected chi connectivity index (χ0v) is 19.0. The quantitative estimate of drug-likeness (QED) is 0.326. The van der Waals surface area contributed by atoms with Crippen LogP contribution in [0.25, 0.3) is 6.08 Å². The van der Waals surface area contributed by atoms with Crippen molar-refractivity contribution in [1.82, 2.24) is 9.71 Å². The Morgan fingerprint density at radius 3 is 2.71 bits per heavy atom. The second-order valence-electron chi connectivity index (χ2n) is 7.23. The predicted molar refractivity (Wildman–Crippen MR) is 128 cm³/mol. The van der Waals surface area contributed by atoms with Crippen LogP contribution in [0.4, 0.5) is 10.1 Å². The Hall–Kier alpha value is -4.28. The zero-order valence-electron chi connectivity index (χ0n) is 18.2. The van der Waals surface area contributed by atoms with Gasteiger partial charge in [-0.1, -0.05) is 12.1 Å². The third-order valence-corrected chi connectivity index (χ3v) is 6.07. The molecule has 0 spiro atoms. The third-order valence-electron chi connectivity index (χ3n) is 4.67. The fraction of sp³-hybridized carbons (Fsp3) is 0.0400. The van der Waals surface area contributed by atoms with Crippen LogP contribution in [0.3, 0.4) is 0 Å². The number of carbonyl (C=O) groups excluding carboxylic acids is 1. The van der Waals surface area contributed by atoms with Gasteiger partial charge in [-0.3, -0.25) is 9.78 Å². The molecule has 0 bridgehead atoms. The molecule has 0 unspecified atom stereocenters. The van der Waals surface area contributed by atoms with E-state index in [2.05, 4.69) is 15.0 Å². The zero-order chi connectivity index (χ0) is 24.7. The van der Waals surface area contributed by atoms with Crippen molar-refractivity contribution in [2.45, 2.75) is 11.4 Å². The number of sulfonamides is 1. The average Bonchev–Trinajstić information content (AvgIpc) is 3.38. The van der Waals surface area contributed by atoms with Crippen LogP contribution in [0.2, 0.25) is 0 Å². The molecule has 2 heterocycles. The molecule has 8 nitrogen and oxygen atoms in total. The number of rotatable bonds is 9. The first kappa shape index (κ1) is 23.9. The van der Waals surface area contributed by atoms with Crippen LogP contribution in [0.15, 0.2) is 101 Å². The van der Waals surface area contributed by atoms with Crippen LogP contribution in [-0.4, -0.2) is 19.3 Å². The number of hydrogen-bond donors (Lipinski definition) is 2. The molecule has 4 rings (SSSR count). The first-order chi connectivity index (χ1) is 16.9. The normalized spacial score (nSPS) is 11.5. The molecule has 35 heavy (non-hydrogen) atoms. The van der Waals surface area contributed by atoms with Gasteiger partial charge in [0, 0.05) is 18.0 Å². The number of halogens is 1. The topological polar surface area (TPSA) is 111 Å². The van der Waals surface area contributed by atoms with Gasteiger partial charge in [0.25, 0.3) is 0 Å². The minimum atomic E-state index is -3.82. The van der Waals surface area contributed by atoms with Crippen molar-refractivity contribution in [3.63, 3.8) is 0 Å². The van der Waals surface area contributed by atoms with E-state index in [0.717, 1.165) is 0 Å². The van der Waals surface area contributed by atoms with Crippen LogP contribution < -0.4 is 14.8 Å². The SMILES string of the molecule is O=C(/C=C/c1ccc(Oc2cccnc2)c(F)c1)Nc1cccc(S(=O)(=O)NCc2ccco2)c1. The molecule has 2 N–H and O–H groups in total. The van der Waals surface area contributed by atoms with E-state index in [1.165, 1.54) is 54.9 Å². The average molecular weight is 494 g/mol. The second-order valence-corrected chi connectivity index (χ2v) is 9.00. The fourth-order valence-corrected chi connectivity index (χ4v) is 4.04. The molecule has 0 atom stereocenters. The maximum atomic E-state index is 14.4. The van der Waals surface area contributed by atoms with Crippen molar-refractivity contribution in [3.05, 3.63) is 109 Å². The Kier molecular flexibility index (Phi) is 7.34. The van der Waals surface area contributed by atoms with Crippen molar-refractivity contribution in [1.29, 1.82) is 0 Å². The highest BCUT2D eigenvalue weighted by molar-refractivity contribution is 7.89. The molecule has 0 saturated heterocycles. The van der Waals surface area contributed by atoms with E-state index in [1.807, 2.05) is 0 Å². The molecule has 0 radical (unpaired) electrons. The molecule has 0 saturated carbocycles. The summed E-state index contributed by atoms with van der Waals surface area (Å²) in [6.07, 6.45) is 7.14. The van der Waals surface area contributed by atoms with E-state index in [9.17, 15) is 17.6 Å². The van der Waals surface area contributed by atoms with Crippen LogP contribution in [0, 0.1) is 5.82 Å². The number of furan rings is 1. The van der Waals surface area contributed by atoms with Gasteiger partial charge in [0.2, 0.25) is 15.9 Å². The number of ether oxygens (including phenoxy) is 1. The van der Waals surface area contributed by atoms with Crippen molar-refractivity contribution >= 4 is 27.7 Å². The maximum Gasteiger partial charge on any atom is 0.248 e. The van der Waals surface area contributed by atoms with E-state index in [-0.39, 0.29) is 22.9 Å². The van der Waals surface area contributed by atoms with Gasteiger partial charge in [0.15, 0.2) is 11.6 Å². The van der Waals surface area contributed by atoms with Crippen molar-refractivity contribution in [2.24, 2.45) is 0 Å². The predicted octanol–water partition coefficient (Wildman–Crippen LogP) is 4.74. The highest BCUT2D eigenvalue weighted by atomic mass is 32.2. The lowest BCUT2D eigenvalue weighted by Crippen LogP contribution is -2.23. The third kappa shape index (κ3) is 6.62. The van der Waals surface area contributed by atoms with Gasteiger partial charge in [0.1, 0.15) is 11.5 Å². The summed E-state index contributed by atoms with van der Waals surface area (Å²) in [7, 11) is -3.82. The van der Waals surface area contributed by atoms with Crippen molar-refractivity contribution in [3.8, 4) is 11.5 Å². The number of pyridine rings is 1. The molecular formula is C25H20FN3O5S. The summed E-state index contributed by atoms with van der Waals surface area (Å²) in [5, 5.41) is 2.59. The number of anilines is 1. The summed E-state index contributed by atoms with van der Waals surface area (Å²) in [6.45, 7) is -0.00269. The van der Waals surface area contributed by atoms with E-state index >= 15 is 0 Å². The lowest BCUT2D eigenvalue weighted by molar-refractivity contribution is -0.111. The fourth-order valence-electron chi connectivity index (χ4n) is 3.00. The van der Waals surface area contributed by atoms with Gasteiger partial charge in [-0.15, -0.1) is 0 Å². The molecule has 0 aliphatic heterocycles. The van der Waals surface area contributed by atoms with E-state index < -0.39 is 21.7 Å². The Bertz CT molecular complexity index is 1440. The van der Waals surface area contributed by atoms with E-state index in [4.69, 9.17) is 9.15 Å². The largest absolute Gasteiger partial charge is 0.468 e. The second kappa shape index (κ2) is 10.8. The molecule has 1 amide bonds. The maximum absolute atomic E-state index is 14.4. The first-order valence-corrected chi connectivity index (χ1v) is 11.9. The summed E-state index contributed by atoms with van der Waals surface area (Å²) in [5.41, 5.74) is 0.724. The van der Waals surface area contributed by atoms with Crippen molar-refractivity contribution < 1.29 is 26.8 Å². The number of nitrogens with one attached hydrogen (secondary N) is 2. The highest BCUT2D eigenvalue weighted by Crippen LogP contribution is 2.25. The lowest BCUT2D eigenvalue weighted by Gasteiger charge is -2.08. The van der Waals surface area contributed by atoms with Crippen molar-refractivity contribution in [2.75, 3.05) is 5.32 Å². The molecule has 2 aromatic carbocycles. The Labute approximate surface area is 201 Å². The monoisotopic (exact) mass is 493 g/mol. The Balaban J connectivity index is 1.37. The summed E-state index contributed by atoms with van der Waals surface area (Å²) >= 11 is 0. The summed E-state index contributed by atoms with van der Waals surface area (Å²) in [6, 6.07) is 16.7. The van der Waals surface area contributed by atoms with E-state index in [1.54, 1.807) is 42.6 Å². The molecule has 10 heteroatoms. The number of carbonyl (C=O) groups is 1. The minimum absolute atomic E-state index is 0.00269. The smallest absolute Gasteiger partial charge is 0.248 e. The number of hydrogen-bond acceptors (Lipinski definition) is 6. The highest BCUT2D eigenvalue weighted by Gasteiger charge is 2.15. The number of nitrogens with zero attached hydrogens (tertiary/aromatic N) is 1. The standard InChI is InChI=1S/C25H20FN3O5S/c26-23-14-18(8-10-24(23)34-21-5-2-12-27-16-21)9-11-25(30)29-19-4-1-7-22(15-19)35(31,32)28-17-20-6-3-13-33-20/h1-16,28H,17H2,(H,29,30)/b11-9+. The van der Waals surface area contributed by atoms with Gasteiger partial charge in [-0.2, -0.15) is 0 Å². The van der Waals surface area contributed by atoms with Gasteiger partial charge in [-0.25, -0.2) is 17.5 Å². The first-order valence-electron chi connectivity index (χ1n) is 10.4.